The van der Waals surface area contributed by atoms with Crippen molar-refractivity contribution in [2.45, 2.75) is 6.61 Å². The molecule has 2 aromatic carbocycles. The summed E-state index contributed by atoms with van der Waals surface area (Å²) in [5.74, 6) is -0.474. The molecule has 0 fully saturated rings. The van der Waals surface area contributed by atoms with Gasteiger partial charge in [-0.3, -0.25) is 0 Å². The van der Waals surface area contributed by atoms with Crippen molar-refractivity contribution in [1.29, 1.82) is 0 Å². The van der Waals surface area contributed by atoms with Gasteiger partial charge >= 0.3 is 12.6 Å². The largest absolute Gasteiger partial charge is 0.465 e. The molecule has 0 saturated carbocycles. The highest BCUT2D eigenvalue weighted by atomic mass is 79.9. The van der Waals surface area contributed by atoms with E-state index in [1.807, 2.05) is 0 Å². The molecule has 0 spiro atoms. The number of benzene rings is 2. The van der Waals surface area contributed by atoms with Crippen LogP contribution in [0.2, 0.25) is 0 Å². The van der Waals surface area contributed by atoms with Crippen LogP contribution in [0.15, 0.2) is 46.9 Å². The Morgan fingerprint density at radius 3 is 2.57 bits per heavy atom. The lowest BCUT2D eigenvalue weighted by Crippen LogP contribution is -2.04. The third-order valence-corrected chi connectivity index (χ3v) is 3.39. The van der Waals surface area contributed by atoms with Gasteiger partial charge in [-0.05, 0) is 39.7 Å². The quantitative estimate of drug-likeness (QED) is 0.756. The number of halogens is 3. The second-order valence-electron chi connectivity index (χ2n) is 4.07. The Labute approximate surface area is 128 Å². The third kappa shape index (κ3) is 3.58. The number of ether oxygens (including phenoxy) is 2. The van der Waals surface area contributed by atoms with Crippen LogP contribution in [0.1, 0.15) is 10.4 Å². The van der Waals surface area contributed by atoms with E-state index in [2.05, 4.69) is 25.4 Å². The summed E-state index contributed by atoms with van der Waals surface area (Å²) in [5, 5.41) is 0. The molecule has 0 heterocycles. The average Bonchev–Trinajstić information content (AvgIpc) is 2.48. The third-order valence-electron chi connectivity index (χ3n) is 2.77. The Hall–Kier alpha value is -1.95. The van der Waals surface area contributed by atoms with E-state index in [4.69, 9.17) is 0 Å². The van der Waals surface area contributed by atoms with E-state index >= 15 is 0 Å². The average molecular weight is 357 g/mol. The Bertz CT molecular complexity index is 659. The molecule has 3 nitrogen and oxygen atoms in total. The van der Waals surface area contributed by atoms with Crippen molar-refractivity contribution in [2.24, 2.45) is 0 Å². The van der Waals surface area contributed by atoms with Gasteiger partial charge in [0.25, 0.3) is 0 Å². The highest BCUT2D eigenvalue weighted by Crippen LogP contribution is 2.37. The topological polar surface area (TPSA) is 35.5 Å². The van der Waals surface area contributed by atoms with E-state index in [0.717, 1.165) is 0 Å². The van der Waals surface area contributed by atoms with Gasteiger partial charge in [-0.15, -0.1) is 0 Å². The van der Waals surface area contributed by atoms with Gasteiger partial charge in [0.05, 0.1) is 17.1 Å². The minimum atomic E-state index is -2.94. The first kappa shape index (κ1) is 15.4. The SMILES string of the molecule is COC(=O)c1cccc(-c2cccc(Br)c2OC(F)F)c1. The molecule has 6 heteroatoms. The van der Waals surface area contributed by atoms with Crippen LogP contribution in [-0.2, 0) is 4.74 Å². The lowest BCUT2D eigenvalue weighted by Gasteiger charge is -2.13. The number of carbonyl (C=O) groups excluding carboxylic acids is 1. The maximum Gasteiger partial charge on any atom is 0.387 e. The first-order valence-corrected chi connectivity index (χ1v) is 6.74. The van der Waals surface area contributed by atoms with Gasteiger partial charge in [0.2, 0.25) is 0 Å². The first-order valence-electron chi connectivity index (χ1n) is 5.95. The highest BCUT2D eigenvalue weighted by molar-refractivity contribution is 9.10. The molecule has 0 aliphatic carbocycles. The Morgan fingerprint density at radius 1 is 1.19 bits per heavy atom. The van der Waals surface area contributed by atoms with Gasteiger partial charge in [0.15, 0.2) is 0 Å². The summed E-state index contributed by atoms with van der Waals surface area (Å²) in [6.07, 6.45) is 0. The number of esters is 1. The molecule has 0 radical (unpaired) electrons. The number of para-hydroxylation sites is 1. The van der Waals surface area contributed by atoms with Crippen molar-refractivity contribution < 1.29 is 23.0 Å². The van der Waals surface area contributed by atoms with Crippen LogP contribution in [0.3, 0.4) is 0 Å². The van der Waals surface area contributed by atoms with E-state index < -0.39 is 12.6 Å². The molecule has 0 N–H and O–H groups in total. The summed E-state index contributed by atoms with van der Waals surface area (Å²) < 4.78 is 34.7. The molecule has 0 atom stereocenters. The van der Waals surface area contributed by atoms with E-state index in [1.165, 1.54) is 7.11 Å². The van der Waals surface area contributed by atoms with Crippen LogP contribution in [0.4, 0.5) is 8.78 Å². The molecule has 0 amide bonds. The van der Waals surface area contributed by atoms with E-state index in [-0.39, 0.29) is 5.75 Å². The van der Waals surface area contributed by atoms with Crippen LogP contribution in [-0.4, -0.2) is 19.7 Å². The molecular formula is C15H11BrF2O3. The molecule has 0 aliphatic heterocycles. The molecule has 0 unspecified atom stereocenters. The van der Waals surface area contributed by atoms with Crippen molar-refractivity contribution in [1.82, 2.24) is 0 Å². The minimum absolute atomic E-state index is 0.0227. The summed E-state index contributed by atoms with van der Waals surface area (Å²) in [6.45, 7) is -2.94. The summed E-state index contributed by atoms with van der Waals surface area (Å²) in [4.78, 5) is 11.5. The molecule has 110 valence electrons. The lowest BCUT2D eigenvalue weighted by atomic mass is 10.0. The molecule has 0 bridgehead atoms. The zero-order valence-electron chi connectivity index (χ0n) is 11.0. The Balaban J connectivity index is 2.51. The predicted octanol–water partition coefficient (Wildman–Crippen LogP) is 4.50. The van der Waals surface area contributed by atoms with Gasteiger partial charge in [-0.25, -0.2) is 4.79 Å². The van der Waals surface area contributed by atoms with Crippen LogP contribution >= 0.6 is 15.9 Å². The predicted molar refractivity (Wildman–Crippen MR) is 77.5 cm³/mol. The first-order chi connectivity index (χ1) is 10.0. The van der Waals surface area contributed by atoms with E-state index in [9.17, 15) is 13.6 Å². The molecule has 2 rings (SSSR count). The fraction of sp³-hybridized carbons (Fsp3) is 0.133. The Kier molecular flexibility index (Phi) is 4.90. The van der Waals surface area contributed by atoms with Crippen LogP contribution in [0.5, 0.6) is 5.75 Å². The summed E-state index contributed by atoms with van der Waals surface area (Å²) in [6, 6.07) is 11.4. The number of methoxy groups -OCH3 is 1. The normalized spacial score (nSPS) is 10.5. The van der Waals surface area contributed by atoms with Crippen molar-refractivity contribution >= 4 is 21.9 Å². The van der Waals surface area contributed by atoms with E-state index in [1.54, 1.807) is 42.5 Å². The van der Waals surface area contributed by atoms with Gasteiger partial charge in [-0.2, -0.15) is 8.78 Å². The summed E-state index contributed by atoms with van der Waals surface area (Å²) in [5.41, 5.74) is 1.36. The molecular weight excluding hydrogens is 346 g/mol. The number of hydrogen-bond donors (Lipinski definition) is 0. The van der Waals surface area contributed by atoms with Crippen molar-refractivity contribution in [3.63, 3.8) is 0 Å². The van der Waals surface area contributed by atoms with Gasteiger partial charge in [0, 0.05) is 5.56 Å². The van der Waals surface area contributed by atoms with Gasteiger partial charge in [0.1, 0.15) is 5.75 Å². The zero-order valence-corrected chi connectivity index (χ0v) is 12.6. The minimum Gasteiger partial charge on any atom is -0.465 e. The van der Waals surface area contributed by atoms with Gasteiger partial charge < -0.3 is 9.47 Å². The molecule has 0 saturated heterocycles. The van der Waals surface area contributed by atoms with Crippen LogP contribution in [0.25, 0.3) is 11.1 Å². The summed E-state index contributed by atoms with van der Waals surface area (Å²) in [7, 11) is 1.28. The van der Waals surface area contributed by atoms with Crippen molar-refractivity contribution in [2.75, 3.05) is 7.11 Å². The second-order valence-corrected chi connectivity index (χ2v) is 4.92. The number of rotatable bonds is 4. The van der Waals surface area contributed by atoms with Crippen molar-refractivity contribution in [3.05, 3.63) is 52.5 Å². The molecule has 0 aromatic heterocycles. The number of carbonyl (C=O) groups is 1. The fourth-order valence-corrected chi connectivity index (χ4v) is 2.34. The lowest BCUT2D eigenvalue weighted by molar-refractivity contribution is -0.0499. The Morgan fingerprint density at radius 2 is 1.90 bits per heavy atom. The monoisotopic (exact) mass is 356 g/mol. The van der Waals surface area contributed by atoms with Crippen molar-refractivity contribution in [3.8, 4) is 16.9 Å². The van der Waals surface area contributed by atoms with E-state index in [0.29, 0.717) is 21.2 Å². The number of alkyl halides is 2. The smallest absolute Gasteiger partial charge is 0.387 e. The van der Waals surface area contributed by atoms with Gasteiger partial charge in [-0.1, -0.05) is 24.3 Å². The molecule has 2 aromatic rings. The molecule has 0 aliphatic rings. The fourth-order valence-electron chi connectivity index (χ4n) is 1.88. The summed E-state index contributed by atoms with van der Waals surface area (Å²) >= 11 is 3.18. The van der Waals surface area contributed by atoms with Crippen LogP contribution in [0, 0.1) is 0 Å². The maximum absolute atomic E-state index is 12.5. The second kappa shape index (κ2) is 6.67. The standard InChI is InChI=1S/C15H11BrF2O3/c1-20-14(19)10-5-2-4-9(8-10)11-6-3-7-12(16)13(11)21-15(17)18/h2-8,15H,1H3. The number of hydrogen-bond acceptors (Lipinski definition) is 3. The maximum atomic E-state index is 12.5. The van der Waals surface area contributed by atoms with Crippen LogP contribution < -0.4 is 4.74 Å². The zero-order chi connectivity index (χ0) is 15.4. The highest BCUT2D eigenvalue weighted by Gasteiger charge is 2.15. The molecule has 21 heavy (non-hydrogen) atoms.